The van der Waals surface area contributed by atoms with Gasteiger partial charge in [0, 0.05) is 12.6 Å². The Labute approximate surface area is 196 Å². The molecule has 33 heavy (non-hydrogen) atoms. The van der Waals surface area contributed by atoms with E-state index >= 15 is 0 Å². The van der Waals surface area contributed by atoms with E-state index < -0.39 is 5.97 Å². The molecule has 0 aliphatic carbocycles. The van der Waals surface area contributed by atoms with Crippen molar-refractivity contribution in [2.75, 3.05) is 20.8 Å². The topological polar surface area (TPSA) is 68.2 Å². The van der Waals surface area contributed by atoms with E-state index in [9.17, 15) is 9.59 Å². The number of likely N-dealkylation sites (N-methyl/N-ethyl adjacent to an activating group) is 1. The van der Waals surface area contributed by atoms with E-state index in [1.54, 1.807) is 31.3 Å². The van der Waals surface area contributed by atoms with E-state index in [2.05, 4.69) is 11.9 Å². The molecule has 4 rings (SSSR count). The number of nitrogens with zero attached hydrogens (tertiary/aromatic N) is 2. The fraction of sp³-hybridized carbons (Fsp3) is 0.192. The smallest absolute Gasteiger partial charge is 0.337 e. The molecule has 0 spiro atoms. The number of carbonyl (C=O) groups is 2. The lowest BCUT2D eigenvalue weighted by Gasteiger charge is -2.12. The molecule has 1 heterocycles. The molecule has 6 nitrogen and oxygen atoms in total. The van der Waals surface area contributed by atoms with E-state index in [0.717, 1.165) is 28.5 Å². The van der Waals surface area contributed by atoms with Gasteiger partial charge in [-0.25, -0.2) is 9.79 Å². The fourth-order valence-corrected chi connectivity index (χ4v) is 4.41. The van der Waals surface area contributed by atoms with Gasteiger partial charge in [-0.15, -0.1) is 0 Å². The van der Waals surface area contributed by atoms with Crippen LogP contribution in [0.1, 0.15) is 29.3 Å². The number of thioether (sulfide) groups is 1. The summed E-state index contributed by atoms with van der Waals surface area (Å²) in [4.78, 5) is 31.3. The van der Waals surface area contributed by atoms with Crippen LogP contribution in [0.25, 0.3) is 16.8 Å². The fourth-order valence-electron chi connectivity index (χ4n) is 3.45. The molecule has 1 fully saturated rings. The van der Waals surface area contributed by atoms with Crippen LogP contribution in [0, 0.1) is 0 Å². The Morgan fingerprint density at radius 1 is 1.09 bits per heavy atom. The van der Waals surface area contributed by atoms with E-state index in [4.69, 9.17) is 9.47 Å². The van der Waals surface area contributed by atoms with Gasteiger partial charge in [0.15, 0.2) is 5.17 Å². The van der Waals surface area contributed by atoms with Crippen LogP contribution < -0.4 is 4.74 Å². The van der Waals surface area contributed by atoms with E-state index in [1.165, 1.54) is 23.8 Å². The predicted octanol–water partition coefficient (Wildman–Crippen LogP) is 5.65. The summed E-state index contributed by atoms with van der Waals surface area (Å²) in [6.45, 7) is 2.66. The summed E-state index contributed by atoms with van der Waals surface area (Å²) in [6, 6.07) is 18.8. The van der Waals surface area contributed by atoms with Crippen molar-refractivity contribution < 1.29 is 19.1 Å². The second-order valence-corrected chi connectivity index (χ2v) is 8.46. The second kappa shape index (κ2) is 9.92. The second-order valence-electron chi connectivity index (χ2n) is 7.45. The molecular weight excluding hydrogens is 436 g/mol. The molecule has 3 aromatic carbocycles. The van der Waals surface area contributed by atoms with Gasteiger partial charge in [-0.05, 0) is 65.4 Å². The van der Waals surface area contributed by atoms with Gasteiger partial charge in [0.25, 0.3) is 5.91 Å². The van der Waals surface area contributed by atoms with Gasteiger partial charge in [0.1, 0.15) is 5.75 Å². The van der Waals surface area contributed by atoms with Gasteiger partial charge in [0.2, 0.25) is 0 Å². The largest absolute Gasteiger partial charge is 0.493 e. The van der Waals surface area contributed by atoms with Gasteiger partial charge in [-0.3, -0.25) is 9.69 Å². The van der Waals surface area contributed by atoms with Crippen molar-refractivity contribution in [3.8, 4) is 5.75 Å². The minimum atomic E-state index is -0.404. The summed E-state index contributed by atoms with van der Waals surface area (Å²) >= 11 is 1.31. The Hall–Kier alpha value is -3.58. The summed E-state index contributed by atoms with van der Waals surface area (Å²) in [5.74, 6) is 0.223. The number of carbonyl (C=O) groups excluding carboxylic acids is 2. The van der Waals surface area contributed by atoms with Crippen LogP contribution in [-0.4, -0.2) is 42.7 Å². The van der Waals surface area contributed by atoms with Gasteiger partial charge in [-0.2, -0.15) is 0 Å². The van der Waals surface area contributed by atoms with Crippen molar-refractivity contribution in [3.05, 3.63) is 76.7 Å². The van der Waals surface area contributed by atoms with Crippen LogP contribution in [0.15, 0.2) is 70.6 Å². The van der Waals surface area contributed by atoms with Crippen LogP contribution in [0.2, 0.25) is 0 Å². The zero-order valence-corrected chi connectivity index (χ0v) is 19.5. The zero-order chi connectivity index (χ0) is 23.4. The molecule has 0 bridgehead atoms. The number of ether oxygens (including phenoxy) is 2. The molecule has 168 valence electrons. The van der Waals surface area contributed by atoms with Crippen LogP contribution >= 0.6 is 11.8 Å². The first-order valence-corrected chi connectivity index (χ1v) is 11.4. The van der Waals surface area contributed by atoms with Gasteiger partial charge >= 0.3 is 5.97 Å². The Morgan fingerprint density at radius 3 is 2.58 bits per heavy atom. The molecule has 0 radical (unpaired) electrons. The van der Waals surface area contributed by atoms with Crippen LogP contribution in [0.3, 0.4) is 0 Å². The van der Waals surface area contributed by atoms with Crippen molar-refractivity contribution >= 4 is 51.3 Å². The lowest BCUT2D eigenvalue weighted by atomic mass is 10.0. The number of hydrogen-bond donors (Lipinski definition) is 0. The number of hydrogen-bond acceptors (Lipinski definition) is 6. The first kappa shape index (κ1) is 22.6. The Bertz CT molecular complexity index is 1270. The Morgan fingerprint density at radius 2 is 1.85 bits per heavy atom. The molecule has 7 heteroatoms. The maximum absolute atomic E-state index is 13.0. The molecule has 1 amide bonds. The number of amides is 1. The third-order valence-electron chi connectivity index (χ3n) is 5.18. The first-order chi connectivity index (χ1) is 16.0. The number of esters is 1. The maximum Gasteiger partial charge on any atom is 0.337 e. The molecule has 3 aromatic rings. The van der Waals surface area contributed by atoms with Gasteiger partial charge in [-0.1, -0.05) is 37.3 Å². The van der Waals surface area contributed by atoms with Crippen molar-refractivity contribution in [1.82, 2.24) is 4.90 Å². The zero-order valence-electron chi connectivity index (χ0n) is 18.7. The van der Waals surface area contributed by atoms with E-state index in [1.807, 2.05) is 42.5 Å². The molecule has 0 atom stereocenters. The first-order valence-electron chi connectivity index (χ1n) is 10.6. The van der Waals surface area contributed by atoms with E-state index in [-0.39, 0.29) is 5.91 Å². The summed E-state index contributed by atoms with van der Waals surface area (Å²) in [7, 11) is 3.05. The maximum atomic E-state index is 13.0. The number of methoxy groups -OCH3 is 1. The third kappa shape index (κ3) is 4.78. The van der Waals surface area contributed by atoms with Crippen LogP contribution in [-0.2, 0) is 9.53 Å². The highest BCUT2D eigenvalue weighted by atomic mass is 32.2. The molecule has 1 saturated heterocycles. The van der Waals surface area contributed by atoms with Crippen LogP contribution in [0.4, 0.5) is 5.69 Å². The van der Waals surface area contributed by atoms with Crippen molar-refractivity contribution in [2.45, 2.75) is 13.3 Å². The number of aliphatic imine (C=N–C) groups is 1. The number of fused-ring (bicyclic) bond motifs is 1. The minimum Gasteiger partial charge on any atom is -0.493 e. The SMILES string of the molecule is CCCOc1ccc2ccccc2c1C=C1SC(=Nc2ccc(C(=O)OC)cc2)N(C)C1=O. The summed E-state index contributed by atoms with van der Waals surface area (Å²) in [5.41, 5.74) is 1.97. The van der Waals surface area contributed by atoms with Gasteiger partial charge < -0.3 is 9.47 Å². The van der Waals surface area contributed by atoms with Crippen LogP contribution in [0.5, 0.6) is 5.75 Å². The monoisotopic (exact) mass is 460 g/mol. The van der Waals surface area contributed by atoms with Gasteiger partial charge in [0.05, 0.1) is 29.9 Å². The number of amidine groups is 1. The highest BCUT2D eigenvalue weighted by Gasteiger charge is 2.31. The molecule has 0 unspecified atom stereocenters. The third-order valence-corrected chi connectivity index (χ3v) is 6.24. The van der Waals surface area contributed by atoms with Crippen molar-refractivity contribution in [3.63, 3.8) is 0 Å². The number of rotatable bonds is 6. The Balaban J connectivity index is 1.69. The highest BCUT2D eigenvalue weighted by Crippen LogP contribution is 2.37. The molecule has 1 aliphatic rings. The number of benzene rings is 3. The quantitative estimate of drug-likeness (QED) is 0.351. The van der Waals surface area contributed by atoms with Crippen molar-refractivity contribution in [1.29, 1.82) is 0 Å². The summed E-state index contributed by atoms with van der Waals surface area (Å²) in [5, 5.41) is 2.67. The molecule has 0 aromatic heterocycles. The summed E-state index contributed by atoms with van der Waals surface area (Å²) in [6.07, 6.45) is 2.78. The normalized spacial score (nSPS) is 16.1. The predicted molar refractivity (Wildman–Crippen MR) is 133 cm³/mol. The molecular formula is C26H24N2O4S. The lowest BCUT2D eigenvalue weighted by molar-refractivity contribution is -0.121. The molecule has 1 aliphatic heterocycles. The minimum absolute atomic E-state index is 0.126. The molecule has 0 N–H and O–H groups in total. The highest BCUT2D eigenvalue weighted by molar-refractivity contribution is 8.18. The van der Waals surface area contributed by atoms with E-state index in [0.29, 0.717) is 27.9 Å². The lowest BCUT2D eigenvalue weighted by Crippen LogP contribution is -2.23. The average molecular weight is 461 g/mol. The van der Waals surface area contributed by atoms with Crippen molar-refractivity contribution in [2.24, 2.45) is 4.99 Å². The molecule has 0 saturated carbocycles. The standard InChI is InChI=1S/C26H24N2O4S/c1-4-15-32-22-14-11-17-7-5-6-8-20(17)21(22)16-23-24(29)28(2)26(33-23)27-19-12-9-18(10-13-19)25(30)31-3/h5-14,16H,4,15H2,1-3H3. The Kier molecular flexibility index (Phi) is 6.79. The average Bonchev–Trinajstić information content (AvgIpc) is 3.11. The summed E-state index contributed by atoms with van der Waals surface area (Å²) < 4.78 is 10.7.